The lowest BCUT2D eigenvalue weighted by Gasteiger charge is -2.42. The number of hydrogen-bond acceptors (Lipinski definition) is 3. The minimum atomic E-state index is -2.62. The van der Waals surface area contributed by atoms with E-state index in [4.69, 9.17) is 9.31 Å². The van der Waals surface area contributed by atoms with Crippen LogP contribution in [0.5, 0.6) is 0 Å². The molecule has 0 bridgehead atoms. The lowest BCUT2D eigenvalue weighted by molar-refractivity contribution is -0.116. The second-order valence-electron chi connectivity index (χ2n) is 9.54. The monoisotopic (exact) mass is 412 g/mol. The maximum atomic E-state index is 12.7. The average Bonchev–Trinajstić information content (AvgIpc) is 2.87. The van der Waals surface area contributed by atoms with Crippen LogP contribution in [0.3, 0.4) is 0 Å². The van der Waals surface area contributed by atoms with Crippen molar-refractivity contribution in [1.29, 1.82) is 0 Å². The molecular weight excluding hydrogens is 380 g/mol. The van der Waals surface area contributed by atoms with Crippen LogP contribution in [0.4, 0.5) is 0 Å². The van der Waals surface area contributed by atoms with Crippen molar-refractivity contribution in [2.24, 2.45) is 0 Å². The number of nitrogens with zero attached hydrogens (tertiary/aromatic N) is 1. The van der Waals surface area contributed by atoms with Gasteiger partial charge in [-0.1, -0.05) is 36.4 Å². The summed E-state index contributed by atoms with van der Waals surface area (Å²) in [5, 5.41) is 2.12. The largest absolute Gasteiger partial charge is 0.705 e. The highest BCUT2D eigenvalue weighted by Crippen LogP contribution is 2.67. The van der Waals surface area contributed by atoms with Gasteiger partial charge in [0.05, 0.1) is 16.7 Å². The van der Waals surface area contributed by atoms with E-state index in [0.29, 0.717) is 0 Å². The predicted molar refractivity (Wildman–Crippen MR) is 123 cm³/mol. The van der Waals surface area contributed by atoms with Crippen LogP contribution in [0.1, 0.15) is 48.5 Å². The summed E-state index contributed by atoms with van der Waals surface area (Å²) in [6.07, 6.45) is 0.971. The second-order valence-corrected chi connectivity index (χ2v) is 12.8. The summed E-state index contributed by atoms with van der Waals surface area (Å²) in [6, 6.07) is 20.4. The van der Waals surface area contributed by atoms with Crippen LogP contribution in [0.25, 0.3) is 0 Å². The van der Waals surface area contributed by atoms with Crippen molar-refractivity contribution in [3.05, 3.63) is 60.7 Å². The molecule has 2 aromatic rings. The molecule has 0 N–H and O–H groups in total. The van der Waals surface area contributed by atoms with Gasteiger partial charge < -0.3 is 9.31 Å². The van der Waals surface area contributed by atoms with Crippen molar-refractivity contribution in [2.75, 3.05) is 0 Å². The van der Waals surface area contributed by atoms with Crippen LogP contribution in [0.2, 0.25) is 0 Å². The molecule has 0 saturated carbocycles. The summed E-state index contributed by atoms with van der Waals surface area (Å²) in [7, 11) is -2.62. The molecule has 0 radical (unpaired) electrons. The Kier molecular flexibility index (Phi) is 5.72. The standard InChI is InChI=1S/C23H32BNO3P/c1-21(2,3)25(18-26)29(19-14-10-8-11-15-19,20-16-12-9-13-17-20)24-27-22(4,5)23(6,7)28-24/h8-18H,1-7H3/q+1. The molecule has 0 aromatic heterocycles. The number of amides is 1. The van der Waals surface area contributed by atoms with Crippen LogP contribution in [0, 0.1) is 0 Å². The summed E-state index contributed by atoms with van der Waals surface area (Å²) >= 11 is 0. The molecule has 0 aliphatic carbocycles. The van der Waals surface area contributed by atoms with E-state index < -0.39 is 30.9 Å². The van der Waals surface area contributed by atoms with E-state index in [-0.39, 0.29) is 0 Å². The molecule has 29 heavy (non-hydrogen) atoms. The van der Waals surface area contributed by atoms with E-state index >= 15 is 0 Å². The van der Waals surface area contributed by atoms with E-state index in [9.17, 15) is 4.79 Å². The maximum Gasteiger partial charge on any atom is 0.705 e. The summed E-state index contributed by atoms with van der Waals surface area (Å²) in [5.41, 5.74) is -1.43. The fourth-order valence-electron chi connectivity index (χ4n) is 3.72. The molecular formula is C23H32BNO3P+. The van der Waals surface area contributed by atoms with Crippen molar-refractivity contribution in [3.8, 4) is 0 Å². The summed E-state index contributed by atoms with van der Waals surface area (Å²) in [6.45, 7) is 13.8. The van der Waals surface area contributed by atoms with Crippen molar-refractivity contribution in [2.45, 2.75) is 65.2 Å². The minimum absolute atomic E-state index is 0.426. The zero-order valence-electron chi connectivity index (χ0n) is 18.5. The van der Waals surface area contributed by atoms with E-state index in [0.717, 1.165) is 17.0 Å². The van der Waals surface area contributed by atoms with Crippen molar-refractivity contribution < 1.29 is 14.1 Å². The van der Waals surface area contributed by atoms with Crippen LogP contribution in [-0.2, 0) is 14.1 Å². The molecule has 1 aliphatic rings. The van der Waals surface area contributed by atoms with Crippen LogP contribution in [-0.4, -0.2) is 34.7 Å². The molecule has 1 aliphatic heterocycles. The number of benzene rings is 2. The number of rotatable bonds is 5. The van der Waals surface area contributed by atoms with Gasteiger partial charge in [-0.25, -0.2) is 4.67 Å². The Labute approximate surface area is 176 Å². The van der Waals surface area contributed by atoms with Gasteiger partial charge in [-0.2, -0.15) is 0 Å². The van der Waals surface area contributed by atoms with Gasteiger partial charge in [-0.05, 0) is 72.7 Å². The molecule has 2 aromatic carbocycles. The summed E-state index contributed by atoms with van der Waals surface area (Å²) in [5.74, 6) is 0. The molecule has 0 unspecified atom stereocenters. The third-order valence-corrected chi connectivity index (χ3v) is 10.3. The van der Waals surface area contributed by atoms with Gasteiger partial charge in [0.2, 0.25) is 6.41 Å². The predicted octanol–water partition coefficient (Wildman–Crippen LogP) is 4.42. The average molecular weight is 412 g/mol. The lowest BCUT2D eigenvalue weighted by Crippen LogP contribution is -2.52. The zero-order valence-corrected chi connectivity index (χ0v) is 19.4. The first kappa shape index (κ1) is 22.0. The minimum Gasteiger partial charge on any atom is -0.365 e. The number of carbonyl (C=O) groups is 1. The molecule has 1 amide bonds. The molecule has 6 heteroatoms. The molecule has 1 saturated heterocycles. The highest BCUT2D eigenvalue weighted by atomic mass is 31.2. The summed E-state index contributed by atoms with van der Waals surface area (Å²) < 4.78 is 15.2. The topological polar surface area (TPSA) is 38.8 Å². The lowest BCUT2D eigenvalue weighted by atomic mass is 9.90. The molecule has 0 spiro atoms. The highest BCUT2D eigenvalue weighted by molar-refractivity contribution is 8.11. The fourth-order valence-corrected chi connectivity index (χ4v) is 8.39. The highest BCUT2D eigenvalue weighted by Gasteiger charge is 2.73. The van der Waals surface area contributed by atoms with E-state index in [2.05, 4.69) is 72.7 Å². The first-order valence-corrected chi connectivity index (χ1v) is 11.9. The van der Waals surface area contributed by atoms with E-state index in [1.165, 1.54) is 0 Å². The van der Waals surface area contributed by atoms with Crippen LogP contribution < -0.4 is 10.6 Å². The zero-order chi connectivity index (χ0) is 21.5. The van der Waals surface area contributed by atoms with Crippen LogP contribution >= 0.6 is 7.29 Å². The number of carbonyl (C=O) groups excluding carboxylic acids is 1. The molecule has 4 nitrogen and oxygen atoms in total. The molecule has 3 rings (SSSR count). The Morgan fingerprint density at radius 2 is 1.21 bits per heavy atom. The van der Waals surface area contributed by atoms with Crippen LogP contribution in [0.15, 0.2) is 60.7 Å². The van der Waals surface area contributed by atoms with Gasteiger partial charge in [-0.3, -0.25) is 4.79 Å². The Bertz CT molecular complexity index is 794. The fraction of sp³-hybridized carbons (Fsp3) is 0.435. The summed E-state index contributed by atoms with van der Waals surface area (Å²) in [4.78, 5) is 12.7. The normalized spacial score (nSPS) is 18.5. The van der Waals surface area contributed by atoms with Gasteiger partial charge in [-0.15, -0.1) is 0 Å². The second kappa shape index (κ2) is 7.54. The quantitative estimate of drug-likeness (QED) is 0.415. The van der Waals surface area contributed by atoms with Gasteiger partial charge in [0, 0.05) is 0 Å². The molecule has 0 atom stereocenters. The molecule has 154 valence electrons. The molecule has 1 fully saturated rings. The Hall–Kier alpha value is -1.68. The molecule has 1 heterocycles. The SMILES string of the molecule is CC(C)(C)N(C=O)[P+](B1OC(C)(C)C(C)(C)O1)(c1ccccc1)c1ccccc1. The smallest absolute Gasteiger partial charge is 0.365 e. The van der Waals surface area contributed by atoms with Gasteiger partial charge in [0.25, 0.3) is 0 Å². The van der Waals surface area contributed by atoms with Crippen molar-refractivity contribution in [3.63, 3.8) is 0 Å². The van der Waals surface area contributed by atoms with Gasteiger partial charge in [0.1, 0.15) is 10.6 Å². The van der Waals surface area contributed by atoms with E-state index in [1.54, 1.807) is 0 Å². The number of hydrogen-bond donors (Lipinski definition) is 0. The first-order chi connectivity index (χ1) is 13.5. The van der Waals surface area contributed by atoms with Gasteiger partial charge in [0.15, 0.2) is 7.29 Å². The maximum absolute atomic E-state index is 12.7. The van der Waals surface area contributed by atoms with E-state index in [1.807, 2.05) is 41.1 Å². The third-order valence-electron chi connectivity index (χ3n) is 5.97. The first-order valence-electron chi connectivity index (χ1n) is 10.1. The third kappa shape index (κ3) is 3.65. The Balaban J connectivity index is 2.37. The Morgan fingerprint density at radius 3 is 1.52 bits per heavy atom. The van der Waals surface area contributed by atoms with Crippen molar-refractivity contribution >= 4 is 31.1 Å². The van der Waals surface area contributed by atoms with Crippen molar-refractivity contribution in [1.82, 2.24) is 4.67 Å². The Morgan fingerprint density at radius 1 is 0.828 bits per heavy atom. The van der Waals surface area contributed by atoms with Gasteiger partial charge >= 0.3 is 6.84 Å².